The summed E-state index contributed by atoms with van der Waals surface area (Å²) in [5.74, 6) is 1.92. The Morgan fingerprint density at radius 3 is 2.40 bits per heavy atom. The maximum absolute atomic E-state index is 9.51. The third-order valence-electron chi connectivity index (χ3n) is 4.27. The molecule has 9 nitrogen and oxygen atoms in total. The van der Waals surface area contributed by atoms with Crippen molar-refractivity contribution in [3.05, 3.63) is 35.0 Å². The van der Waals surface area contributed by atoms with Gasteiger partial charge in [-0.2, -0.15) is 4.98 Å². The maximum Gasteiger partial charge on any atom is 0.277 e. The number of aromatic nitrogens is 4. The molecule has 3 aromatic rings. The van der Waals surface area contributed by atoms with Crippen molar-refractivity contribution >= 4 is 5.95 Å². The molecule has 30 heavy (non-hydrogen) atoms. The Kier molecular flexibility index (Phi) is 6.63. The van der Waals surface area contributed by atoms with Crippen molar-refractivity contribution in [2.24, 2.45) is 0 Å². The number of ether oxygens (including phenoxy) is 1. The van der Waals surface area contributed by atoms with Gasteiger partial charge in [0.05, 0.1) is 6.61 Å². The Morgan fingerprint density at radius 1 is 1.07 bits per heavy atom. The van der Waals surface area contributed by atoms with Crippen LogP contribution in [0.5, 0.6) is 5.75 Å². The van der Waals surface area contributed by atoms with Gasteiger partial charge in [0.1, 0.15) is 24.2 Å². The highest BCUT2D eigenvalue weighted by molar-refractivity contribution is 5.63. The lowest BCUT2D eigenvalue weighted by molar-refractivity contribution is 0.0532. The Bertz CT molecular complexity index is 995. The predicted molar refractivity (Wildman–Crippen MR) is 112 cm³/mol. The first-order chi connectivity index (χ1) is 14.3. The molecule has 0 amide bonds. The zero-order chi connectivity index (χ0) is 21.8. The van der Waals surface area contributed by atoms with Crippen LogP contribution in [-0.4, -0.2) is 55.7 Å². The van der Waals surface area contributed by atoms with Crippen LogP contribution in [0.15, 0.2) is 22.7 Å². The second kappa shape index (κ2) is 9.19. The van der Waals surface area contributed by atoms with E-state index in [4.69, 9.17) is 14.4 Å². The van der Waals surface area contributed by atoms with E-state index in [0.717, 1.165) is 22.4 Å². The van der Waals surface area contributed by atoms with Gasteiger partial charge in [-0.05, 0) is 63.9 Å². The van der Waals surface area contributed by atoms with E-state index in [2.05, 4.69) is 25.4 Å². The molecule has 0 fully saturated rings. The lowest BCUT2D eigenvalue weighted by Crippen LogP contribution is -2.21. The molecule has 0 aliphatic rings. The number of aryl methyl sites for hydroxylation is 3. The molecule has 2 aromatic heterocycles. The lowest BCUT2D eigenvalue weighted by atomic mass is 10.1. The summed E-state index contributed by atoms with van der Waals surface area (Å²) in [5.41, 5.74) is 3.85. The molecular formula is C21H27N5O4. The molecule has 1 atom stereocenters. The highest BCUT2D eigenvalue weighted by Gasteiger charge is 2.16. The van der Waals surface area contributed by atoms with Crippen LogP contribution in [0.3, 0.4) is 0 Å². The standard InChI is InChI=1S/C21H27N5O4/c1-11(2)22-21-23-14(5)8-17(24-21)20-25-19(26-30-20)15-6-12(3)18(13(4)7-15)29-10-16(28)9-27/h6-8,11,16,27-28H,9-10H2,1-5H3,(H,22,23,24)/t16-/m0/s1. The molecule has 0 saturated heterocycles. The van der Waals surface area contributed by atoms with Gasteiger partial charge >= 0.3 is 0 Å². The number of nitrogens with one attached hydrogen (secondary N) is 1. The van der Waals surface area contributed by atoms with Gasteiger partial charge in [-0.25, -0.2) is 9.97 Å². The highest BCUT2D eigenvalue weighted by Crippen LogP contribution is 2.30. The Labute approximate surface area is 175 Å². The van der Waals surface area contributed by atoms with Gasteiger partial charge in [0.25, 0.3) is 5.89 Å². The van der Waals surface area contributed by atoms with Crippen LogP contribution in [0.1, 0.15) is 30.7 Å². The molecule has 0 aliphatic heterocycles. The van der Waals surface area contributed by atoms with Crippen molar-refractivity contribution in [1.82, 2.24) is 20.1 Å². The van der Waals surface area contributed by atoms with E-state index in [0.29, 0.717) is 29.1 Å². The fourth-order valence-corrected chi connectivity index (χ4v) is 2.98. The van der Waals surface area contributed by atoms with Crippen molar-refractivity contribution < 1.29 is 19.5 Å². The topological polar surface area (TPSA) is 126 Å². The molecule has 0 spiro atoms. The molecule has 3 N–H and O–H groups in total. The SMILES string of the molecule is Cc1cc(-c2nc(-c3cc(C)c(OC[C@@H](O)CO)c(C)c3)no2)nc(NC(C)C)n1. The second-order valence-electron chi connectivity index (χ2n) is 7.53. The monoisotopic (exact) mass is 413 g/mol. The molecule has 0 unspecified atom stereocenters. The number of benzene rings is 1. The zero-order valence-corrected chi connectivity index (χ0v) is 17.8. The summed E-state index contributed by atoms with van der Waals surface area (Å²) in [7, 11) is 0. The van der Waals surface area contributed by atoms with Crippen molar-refractivity contribution in [3.63, 3.8) is 0 Å². The molecular weight excluding hydrogens is 386 g/mol. The number of hydrogen-bond acceptors (Lipinski definition) is 9. The van der Waals surface area contributed by atoms with Crippen LogP contribution in [0.25, 0.3) is 23.0 Å². The van der Waals surface area contributed by atoms with Crippen LogP contribution < -0.4 is 10.1 Å². The summed E-state index contributed by atoms with van der Waals surface area (Å²) in [6.07, 6.45) is -0.922. The van der Waals surface area contributed by atoms with Gasteiger partial charge in [0, 0.05) is 17.3 Å². The van der Waals surface area contributed by atoms with Gasteiger partial charge in [-0.15, -0.1) is 0 Å². The van der Waals surface area contributed by atoms with E-state index in [9.17, 15) is 5.11 Å². The van der Waals surface area contributed by atoms with E-state index < -0.39 is 6.10 Å². The Balaban J connectivity index is 1.87. The second-order valence-corrected chi connectivity index (χ2v) is 7.53. The molecule has 2 heterocycles. The molecule has 160 valence electrons. The fourth-order valence-electron chi connectivity index (χ4n) is 2.98. The van der Waals surface area contributed by atoms with E-state index >= 15 is 0 Å². The minimum atomic E-state index is -0.922. The molecule has 9 heteroatoms. The minimum absolute atomic E-state index is 0.0176. The van der Waals surface area contributed by atoms with Crippen LogP contribution >= 0.6 is 0 Å². The van der Waals surface area contributed by atoms with Crippen LogP contribution in [0, 0.1) is 20.8 Å². The van der Waals surface area contributed by atoms with Gasteiger partial charge in [0.15, 0.2) is 0 Å². The smallest absolute Gasteiger partial charge is 0.277 e. The third kappa shape index (κ3) is 5.11. The van der Waals surface area contributed by atoms with E-state index in [-0.39, 0.29) is 19.3 Å². The van der Waals surface area contributed by atoms with Gasteiger partial charge in [-0.1, -0.05) is 5.16 Å². The maximum atomic E-state index is 9.51. The average molecular weight is 413 g/mol. The number of aliphatic hydroxyl groups is 2. The summed E-state index contributed by atoms with van der Waals surface area (Å²) >= 11 is 0. The van der Waals surface area contributed by atoms with Crippen molar-refractivity contribution in [1.29, 1.82) is 0 Å². The van der Waals surface area contributed by atoms with Gasteiger partial charge in [-0.3, -0.25) is 0 Å². The van der Waals surface area contributed by atoms with Crippen LogP contribution in [-0.2, 0) is 0 Å². The van der Waals surface area contributed by atoms with Crippen LogP contribution in [0.2, 0.25) is 0 Å². The molecule has 1 aromatic carbocycles. The van der Waals surface area contributed by atoms with E-state index in [1.807, 2.05) is 46.8 Å². The number of nitrogens with zero attached hydrogens (tertiary/aromatic N) is 4. The molecule has 0 bridgehead atoms. The predicted octanol–water partition coefficient (Wildman–Crippen LogP) is 2.67. The Hall–Kier alpha value is -3.04. The lowest BCUT2D eigenvalue weighted by Gasteiger charge is -2.15. The molecule has 0 saturated carbocycles. The minimum Gasteiger partial charge on any atom is -0.490 e. The summed E-state index contributed by atoms with van der Waals surface area (Å²) in [4.78, 5) is 13.3. The summed E-state index contributed by atoms with van der Waals surface area (Å²) in [6.45, 7) is 9.37. The largest absolute Gasteiger partial charge is 0.490 e. The fraction of sp³-hybridized carbons (Fsp3) is 0.429. The number of hydrogen-bond donors (Lipinski definition) is 3. The first-order valence-electron chi connectivity index (χ1n) is 9.76. The zero-order valence-electron chi connectivity index (χ0n) is 17.8. The van der Waals surface area contributed by atoms with E-state index in [1.165, 1.54) is 0 Å². The first-order valence-corrected chi connectivity index (χ1v) is 9.76. The van der Waals surface area contributed by atoms with Crippen LogP contribution in [0.4, 0.5) is 5.95 Å². The first kappa shape index (κ1) is 21.7. The molecule has 0 aliphatic carbocycles. The Morgan fingerprint density at radius 2 is 1.77 bits per heavy atom. The normalized spacial score (nSPS) is 12.3. The van der Waals surface area contributed by atoms with Crippen molar-refractivity contribution in [2.75, 3.05) is 18.5 Å². The highest BCUT2D eigenvalue weighted by atomic mass is 16.5. The average Bonchev–Trinajstić information content (AvgIpc) is 3.16. The van der Waals surface area contributed by atoms with Gasteiger partial charge in [0.2, 0.25) is 11.8 Å². The molecule has 3 rings (SSSR count). The summed E-state index contributed by atoms with van der Waals surface area (Å²) in [6, 6.07) is 5.77. The number of rotatable bonds is 8. The van der Waals surface area contributed by atoms with Crippen molar-refractivity contribution in [3.8, 4) is 28.7 Å². The third-order valence-corrected chi connectivity index (χ3v) is 4.27. The number of anilines is 1. The quantitative estimate of drug-likeness (QED) is 0.511. The summed E-state index contributed by atoms with van der Waals surface area (Å²) < 4.78 is 11.1. The summed E-state index contributed by atoms with van der Waals surface area (Å²) in [5, 5.41) is 25.7. The molecule has 0 radical (unpaired) electrons. The van der Waals surface area contributed by atoms with Gasteiger partial charge < -0.3 is 24.8 Å². The van der Waals surface area contributed by atoms with Crippen molar-refractivity contribution in [2.45, 2.75) is 46.8 Å². The number of aliphatic hydroxyl groups excluding tert-OH is 2. The van der Waals surface area contributed by atoms with E-state index in [1.54, 1.807) is 6.07 Å².